The van der Waals surface area contributed by atoms with Crippen LogP contribution in [0.1, 0.15) is 37.7 Å². The van der Waals surface area contributed by atoms with Crippen molar-refractivity contribution < 1.29 is 12.4 Å². The maximum absolute atomic E-state index is 6.52. The van der Waals surface area contributed by atoms with E-state index in [-0.39, 0.29) is 17.6 Å². The van der Waals surface area contributed by atoms with Gasteiger partial charge in [0.05, 0.1) is 4.20 Å². The normalized spacial score (nSPS) is 15.0. The van der Waals surface area contributed by atoms with Crippen LogP contribution in [-0.2, 0) is 5.75 Å². The Morgan fingerprint density at radius 2 is 1.00 bits per heavy atom. The van der Waals surface area contributed by atoms with Gasteiger partial charge in [0.25, 0.3) is 0 Å². The second-order valence-corrected chi connectivity index (χ2v) is 14.7. The Morgan fingerprint density at radius 3 is 1.42 bits per heavy atom. The molecule has 0 nitrogen and oxygen atoms in total. The van der Waals surface area contributed by atoms with Gasteiger partial charge in [-0.05, 0) is 67.6 Å². The summed E-state index contributed by atoms with van der Waals surface area (Å²) in [5, 5.41) is 4.29. The molecule has 0 amide bonds. The molecule has 0 aliphatic heterocycles. The molecule has 4 aromatic carbocycles. The van der Waals surface area contributed by atoms with Crippen LogP contribution in [0.5, 0.6) is 0 Å². The van der Waals surface area contributed by atoms with E-state index >= 15 is 0 Å². The van der Waals surface area contributed by atoms with Gasteiger partial charge in [-0.15, -0.1) is 11.8 Å². The monoisotopic (exact) mass is 546 g/mol. The van der Waals surface area contributed by atoms with Gasteiger partial charge in [-0.2, -0.15) is 0 Å². The highest BCUT2D eigenvalue weighted by molar-refractivity contribution is 8.24. The van der Waals surface area contributed by atoms with Gasteiger partial charge in [-0.25, -0.2) is 0 Å². The highest BCUT2D eigenvalue weighted by atomic mass is 35.5. The average Bonchev–Trinajstić information content (AvgIpc) is 2.95. The highest BCUT2D eigenvalue weighted by Gasteiger charge is 2.64. The smallest absolute Gasteiger partial charge is 0.134 e. The molecule has 1 saturated carbocycles. The van der Waals surface area contributed by atoms with Crippen molar-refractivity contribution in [3.8, 4) is 0 Å². The van der Waals surface area contributed by atoms with E-state index in [1.54, 1.807) is 0 Å². The summed E-state index contributed by atoms with van der Waals surface area (Å²) in [6, 6.07) is 44.7. The number of hydrogen-bond donors (Lipinski definition) is 0. The van der Waals surface area contributed by atoms with Crippen LogP contribution in [0.25, 0.3) is 0 Å². The van der Waals surface area contributed by atoms with E-state index in [4.69, 9.17) is 12.2 Å². The summed E-state index contributed by atoms with van der Waals surface area (Å²) < 4.78 is 1.20. The van der Waals surface area contributed by atoms with E-state index in [0.29, 0.717) is 0 Å². The van der Waals surface area contributed by atoms with Gasteiger partial charge < -0.3 is 12.4 Å². The fourth-order valence-electron chi connectivity index (χ4n) is 5.81. The van der Waals surface area contributed by atoms with Crippen LogP contribution < -0.4 is 28.3 Å². The Kier molecular flexibility index (Phi) is 9.42. The van der Waals surface area contributed by atoms with Crippen molar-refractivity contribution in [1.82, 2.24) is 0 Å². The second-order valence-electron chi connectivity index (χ2n) is 9.33. The SMILES string of the molecule is S=C(SCc1ccccc1)C1([P+](c2ccccc2)(c2ccccc2)c2ccccc2)CCCCC1.[Cl-]. The van der Waals surface area contributed by atoms with E-state index < -0.39 is 7.26 Å². The van der Waals surface area contributed by atoms with E-state index in [9.17, 15) is 0 Å². The molecule has 0 spiro atoms. The number of thiocarbonyl (C=S) groups is 1. The molecular formula is C32H32ClPS2. The summed E-state index contributed by atoms with van der Waals surface area (Å²) in [4.78, 5) is 0. The zero-order chi connectivity index (χ0) is 24.0. The Bertz CT molecular complexity index is 1130. The van der Waals surface area contributed by atoms with Gasteiger partial charge in [0.1, 0.15) is 28.3 Å². The maximum Gasteiger partial charge on any atom is 0.134 e. The van der Waals surface area contributed by atoms with E-state index in [1.807, 2.05) is 11.8 Å². The minimum absolute atomic E-state index is 0. The average molecular weight is 547 g/mol. The van der Waals surface area contributed by atoms with Crippen LogP contribution in [0, 0.1) is 0 Å². The molecule has 1 aliphatic carbocycles. The first kappa shape index (κ1) is 27.1. The fourth-order valence-corrected chi connectivity index (χ4v) is 13.7. The number of hydrogen-bond acceptors (Lipinski definition) is 2. The van der Waals surface area contributed by atoms with Gasteiger partial charge in [-0.3, -0.25) is 0 Å². The summed E-state index contributed by atoms with van der Waals surface area (Å²) in [6.45, 7) is 0. The van der Waals surface area contributed by atoms with Crippen LogP contribution in [0.15, 0.2) is 121 Å². The summed E-state index contributed by atoms with van der Waals surface area (Å²) in [6.07, 6.45) is 6.08. The highest BCUT2D eigenvalue weighted by Crippen LogP contribution is 2.71. The largest absolute Gasteiger partial charge is 1.00 e. The molecule has 0 bridgehead atoms. The molecule has 1 fully saturated rings. The molecule has 184 valence electrons. The number of rotatable bonds is 7. The third kappa shape index (κ3) is 5.07. The molecule has 0 unspecified atom stereocenters. The van der Waals surface area contributed by atoms with Gasteiger partial charge in [-0.1, -0.05) is 104 Å². The number of benzene rings is 4. The van der Waals surface area contributed by atoms with Crippen molar-refractivity contribution >= 4 is 51.4 Å². The molecule has 0 saturated heterocycles. The molecular weight excluding hydrogens is 515 g/mol. The third-order valence-electron chi connectivity index (χ3n) is 7.35. The van der Waals surface area contributed by atoms with Crippen molar-refractivity contribution in [2.45, 2.75) is 43.0 Å². The molecule has 4 aromatic rings. The van der Waals surface area contributed by atoms with Crippen molar-refractivity contribution in [3.05, 3.63) is 127 Å². The minimum Gasteiger partial charge on any atom is -1.00 e. The summed E-state index contributed by atoms with van der Waals surface area (Å²) in [7, 11) is -2.10. The second kappa shape index (κ2) is 12.5. The summed E-state index contributed by atoms with van der Waals surface area (Å²) in [5.41, 5.74) is 1.34. The van der Waals surface area contributed by atoms with E-state index in [0.717, 1.165) is 18.6 Å². The Morgan fingerprint density at radius 1 is 0.611 bits per heavy atom. The maximum atomic E-state index is 6.52. The van der Waals surface area contributed by atoms with Crippen LogP contribution in [0.2, 0.25) is 0 Å². The van der Waals surface area contributed by atoms with Crippen molar-refractivity contribution in [2.75, 3.05) is 0 Å². The van der Waals surface area contributed by atoms with Crippen molar-refractivity contribution in [3.63, 3.8) is 0 Å². The lowest BCUT2D eigenvalue weighted by Crippen LogP contribution is -3.00. The quantitative estimate of drug-likeness (QED) is 0.238. The molecule has 5 rings (SSSR count). The predicted octanol–water partition coefficient (Wildman–Crippen LogP) is 4.95. The van der Waals surface area contributed by atoms with Gasteiger partial charge in [0.15, 0.2) is 0 Å². The zero-order valence-electron chi connectivity index (χ0n) is 20.4. The van der Waals surface area contributed by atoms with E-state index in [2.05, 4.69) is 121 Å². The van der Waals surface area contributed by atoms with Crippen molar-refractivity contribution in [2.24, 2.45) is 0 Å². The lowest BCUT2D eigenvalue weighted by molar-refractivity contribution is -0.00000664. The van der Waals surface area contributed by atoms with Gasteiger partial charge in [0.2, 0.25) is 0 Å². The lowest BCUT2D eigenvalue weighted by atomic mass is 9.89. The van der Waals surface area contributed by atoms with Crippen LogP contribution in [0.3, 0.4) is 0 Å². The Hall–Kier alpha value is -1.96. The predicted molar refractivity (Wildman–Crippen MR) is 161 cm³/mol. The fraction of sp³-hybridized carbons (Fsp3) is 0.219. The number of thioether (sulfide) groups is 1. The van der Waals surface area contributed by atoms with Crippen LogP contribution in [-0.4, -0.2) is 9.35 Å². The standard InChI is InChI=1S/C32H32PS2.ClH/c34-31(35-26-27-16-6-1-7-17-27)32(24-14-5-15-25-32)33(28-18-8-2-9-19-28,29-20-10-3-11-21-29)30-22-12-4-13-23-30;/h1-4,6-13,16-23H,5,14-15,24-26H2;1H/q+1;/p-1. The van der Waals surface area contributed by atoms with E-state index in [1.165, 1.54) is 44.9 Å². The third-order valence-corrected chi connectivity index (χ3v) is 14.7. The molecule has 4 heteroatoms. The first-order valence-electron chi connectivity index (χ1n) is 12.5. The van der Waals surface area contributed by atoms with Crippen LogP contribution >= 0.6 is 31.2 Å². The molecule has 1 aliphatic rings. The molecule has 0 heterocycles. The molecule has 0 atom stereocenters. The van der Waals surface area contributed by atoms with Gasteiger partial charge in [0, 0.05) is 5.75 Å². The summed E-state index contributed by atoms with van der Waals surface area (Å²) in [5.74, 6) is 0.930. The molecule has 0 radical (unpaired) electrons. The molecule has 0 N–H and O–H groups in total. The summed E-state index contributed by atoms with van der Waals surface area (Å²) >= 11 is 8.43. The minimum atomic E-state index is -2.10. The zero-order valence-corrected chi connectivity index (χ0v) is 23.7. The van der Waals surface area contributed by atoms with Crippen molar-refractivity contribution in [1.29, 1.82) is 0 Å². The topological polar surface area (TPSA) is 0 Å². The lowest BCUT2D eigenvalue weighted by Gasteiger charge is -2.47. The first-order valence-corrected chi connectivity index (χ1v) is 15.7. The molecule has 0 aromatic heterocycles. The Labute approximate surface area is 232 Å². The molecule has 36 heavy (non-hydrogen) atoms. The Balaban J connectivity index is 0.00000304. The number of halogens is 1. The van der Waals surface area contributed by atoms with Gasteiger partial charge >= 0.3 is 0 Å². The van der Waals surface area contributed by atoms with Crippen LogP contribution in [0.4, 0.5) is 0 Å². The first-order chi connectivity index (χ1) is 17.3.